The minimum absolute atomic E-state index is 0.0304. The van der Waals surface area contributed by atoms with Crippen LogP contribution in [0.3, 0.4) is 0 Å². The molecule has 26 heavy (non-hydrogen) atoms. The standard InChI is InChI=1S/C18H16BrF2NO4/c19-13-2-4-14(26-18(20)21)12(9-13)10-22-17(23)8-11-1-3-15-16(7-11)25-6-5-24-15/h1-4,7,9,18H,5-6,8,10H2,(H,22,23). The first kappa shape index (κ1) is 18.4. The van der Waals surface area contributed by atoms with Gasteiger partial charge in [-0.3, -0.25) is 4.79 Å². The van der Waals surface area contributed by atoms with Crippen molar-refractivity contribution in [1.29, 1.82) is 0 Å². The molecular weight excluding hydrogens is 412 g/mol. The van der Waals surface area contributed by atoms with E-state index in [1.165, 1.54) is 6.07 Å². The van der Waals surface area contributed by atoms with Gasteiger partial charge in [0.25, 0.3) is 0 Å². The van der Waals surface area contributed by atoms with Gasteiger partial charge in [-0.05, 0) is 35.9 Å². The second-order valence-corrected chi connectivity index (χ2v) is 6.48. The molecule has 0 saturated carbocycles. The summed E-state index contributed by atoms with van der Waals surface area (Å²) >= 11 is 3.28. The zero-order valence-corrected chi connectivity index (χ0v) is 15.2. The topological polar surface area (TPSA) is 56.8 Å². The molecule has 3 rings (SSSR count). The number of amides is 1. The van der Waals surface area contributed by atoms with Crippen LogP contribution < -0.4 is 19.5 Å². The fraction of sp³-hybridized carbons (Fsp3) is 0.278. The third-order valence-electron chi connectivity index (χ3n) is 3.69. The van der Waals surface area contributed by atoms with E-state index in [9.17, 15) is 13.6 Å². The molecule has 5 nitrogen and oxygen atoms in total. The number of hydrogen-bond acceptors (Lipinski definition) is 4. The van der Waals surface area contributed by atoms with E-state index in [1.807, 2.05) is 0 Å². The van der Waals surface area contributed by atoms with Crippen LogP contribution in [0, 0.1) is 0 Å². The molecule has 1 heterocycles. The SMILES string of the molecule is O=C(Cc1ccc2c(c1)OCCO2)NCc1cc(Br)ccc1OC(F)F. The maximum atomic E-state index is 12.5. The Morgan fingerprint density at radius 1 is 1.15 bits per heavy atom. The lowest BCUT2D eigenvalue weighted by Gasteiger charge is -2.18. The number of alkyl halides is 2. The van der Waals surface area contributed by atoms with E-state index in [0.717, 1.165) is 5.56 Å². The third-order valence-corrected chi connectivity index (χ3v) is 4.18. The predicted octanol–water partition coefficient (Wildman–Crippen LogP) is 3.68. The van der Waals surface area contributed by atoms with Gasteiger partial charge in [0.15, 0.2) is 11.5 Å². The van der Waals surface area contributed by atoms with Crippen molar-refractivity contribution >= 4 is 21.8 Å². The van der Waals surface area contributed by atoms with Gasteiger partial charge in [0.2, 0.25) is 5.91 Å². The number of carbonyl (C=O) groups excluding carboxylic acids is 1. The number of carbonyl (C=O) groups is 1. The fourth-order valence-corrected chi connectivity index (χ4v) is 2.95. The summed E-state index contributed by atoms with van der Waals surface area (Å²) in [5.41, 5.74) is 1.22. The molecule has 1 aliphatic heterocycles. The molecule has 0 aliphatic carbocycles. The first-order valence-electron chi connectivity index (χ1n) is 7.90. The lowest BCUT2D eigenvalue weighted by molar-refractivity contribution is -0.120. The summed E-state index contributed by atoms with van der Waals surface area (Å²) in [5.74, 6) is 1.05. The van der Waals surface area contributed by atoms with Crippen LogP contribution in [0.5, 0.6) is 17.2 Å². The molecule has 2 aromatic carbocycles. The molecule has 0 unspecified atom stereocenters. The van der Waals surface area contributed by atoms with E-state index in [-0.39, 0.29) is 24.6 Å². The Bertz CT molecular complexity index is 801. The Hall–Kier alpha value is -2.35. The largest absolute Gasteiger partial charge is 0.486 e. The van der Waals surface area contributed by atoms with Gasteiger partial charge in [-0.15, -0.1) is 0 Å². The molecule has 138 valence electrons. The van der Waals surface area contributed by atoms with Crippen molar-refractivity contribution in [3.63, 3.8) is 0 Å². The van der Waals surface area contributed by atoms with Gasteiger partial charge in [0.05, 0.1) is 6.42 Å². The number of ether oxygens (including phenoxy) is 3. The predicted molar refractivity (Wildman–Crippen MR) is 93.8 cm³/mol. The molecule has 0 bridgehead atoms. The third kappa shape index (κ3) is 4.85. The van der Waals surface area contributed by atoms with Gasteiger partial charge in [-0.25, -0.2) is 0 Å². The highest BCUT2D eigenvalue weighted by molar-refractivity contribution is 9.10. The van der Waals surface area contributed by atoms with Gasteiger partial charge in [0.1, 0.15) is 19.0 Å². The van der Waals surface area contributed by atoms with Crippen LogP contribution in [0.25, 0.3) is 0 Å². The van der Waals surface area contributed by atoms with Crippen LogP contribution in [0.4, 0.5) is 8.78 Å². The van der Waals surface area contributed by atoms with Crippen molar-refractivity contribution in [3.8, 4) is 17.2 Å². The number of fused-ring (bicyclic) bond motifs is 1. The Labute approximate surface area is 157 Å². The molecule has 0 radical (unpaired) electrons. The summed E-state index contributed by atoms with van der Waals surface area (Å²) in [6.45, 7) is -1.88. The highest BCUT2D eigenvalue weighted by atomic mass is 79.9. The van der Waals surface area contributed by atoms with Crippen LogP contribution in [0.1, 0.15) is 11.1 Å². The fourth-order valence-electron chi connectivity index (χ4n) is 2.54. The molecule has 2 aromatic rings. The summed E-state index contributed by atoms with van der Waals surface area (Å²) < 4.78 is 41.1. The molecule has 0 aromatic heterocycles. The van der Waals surface area contributed by atoms with Crippen molar-refractivity contribution in [3.05, 3.63) is 52.0 Å². The van der Waals surface area contributed by atoms with Crippen LogP contribution in [-0.2, 0) is 17.8 Å². The van der Waals surface area contributed by atoms with Gasteiger partial charge in [-0.2, -0.15) is 8.78 Å². The number of benzene rings is 2. The normalized spacial score (nSPS) is 12.8. The Balaban J connectivity index is 1.61. The smallest absolute Gasteiger partial charge is 0.387 e. The molecule has 1 aliphatic rings. The molecule has 0 saturated heterocycles. The van der Waals surface area contributed by atoms with E-state index < -0.39 is 6.61 Å². The average Bonchev–Trinajstić information content (AvgIpc) is 2.61. The summed E-state index contributed by atoms with van der Waals surface area (Å²) in [7, 11) is 0. The van der Waals surface area contributed by atoms with Crippen molar-refractivity contribution in [2.24, 2.45) is 0 Å². The van der Waals surface area contributed by atoms with Crippen molar-refractivity contribution in [1.82, 2.24) is 5.32 Å². The zero-order valence-electron chi connectivity index (χ0n) is 13.6. The van der Waals surface area contributed by atoms with E-state index in [2.05, 4.69) is 26.0 Å². The molecule has 1 N–H and O–H groups in total. The Kier molecular flexibility index (Phi) is 5.92. The number of rotatable bonds is 6. The Morgan fingerprint density at radius 2 is 1.92 bits per heavy atom. The second-order valence-electron chi connectivity index (χ2n) is 5.56. The monoisotopic (exact) mass is 427 g/mol. The quantitative estimate of drug-likeness (QED) is 0.763. The number of nitrogens with one attached hydrogen (secondary N) is 1. The maximum Gasteiger partial charge on any atom is 0.387 e. The van der Waals surface area contributed by atoms with E-state index >= 15 is 0 Å². The highest BCUT2D eigenvalue weighted by Crippen LogP contribution is 2.31. The van der Waals surface area contributed by atoms with Gasteiger partial charge >= 0.3 is 6.61 Å². The molecular formula is C18H16BrF2NO4. The number of halogens is 3. The van der Waals surface area contributed by atoms with Crippen molar-refractivity contribution < 1.29 is 27.8 Å². The first-order chi connectivity index (χ1) is 12.5. The zero-order chi connectivity index (χ0) is 18.5. The number of hydrogen-bond donors (Lipinski definition) is 1. The minimum atomic E-state index is -2.93. The molecule has 0 atom stereocenters. The molecule has 0 fully saturated rings. The maximum absolute atomic E-state index is 12.5. The second kappa shape index (κ2) is 8.35. The molecule has 8 heteroatoms. The van der Waals surface area contributed by atoms with Crippen LogP contribution in [0.2, 0.25) is 0 Å². The minimum Gasteiger partial charge on any atom is -0.486 e. The van der Waals surface area contributed by atoms with Crippen LogP contribution in [0.15, 0.2) is 40.9 Å². The summed E-state index contributed by atoms with van der Waals surface area (Å²) in [4.78, 5) is 12.2. The van der Waals surface area contributed by atoms with Crippen molar-refractivity contribution in [2.75, 3.05) is 13.2 Å². The average molecular weight is 428 g/mol. The van der Waals surface area contributed by atoms with Crippen LogP contribution >= 0.6 is 15.9 Å². The summed E-state index contributed by atoms with van der Waals surface area (Å²) in [6.07, 6.45) is 0.135. The summed E-state index contributed by atoms with van der Waals surface area (Å²) in [5, 5.41) is 2.71. The highest BCUT2D eigenvalue weighted by Gasteiger charge is 2.14. The lowest BCUT2D eigenvalue weighted by Crippen LogP contribution is -2.25. The van der Waals surface area contributed by atoms with Crippen LogP contribution in [-0.4, -0.2) is 25.7 Å². The molecule has 0 spiro atoms. The van der Waals surface area contributed by atoms with Gasteiger partial charge < -0.3 is 19.5 Å². The van der Waals surface area contributed by atoms with Gasteiger partial charge in [0, 0.05) is 16.6 Å². The van der Waals surface area contributed by atoms with Gasteiger partial charge in [-0.1, -0.05) is 22.0 Å². The molecule has 1 amide bonds. The Morgan fingerprint density at radius 3 is 2.69 bits per heavy atom. The van der Waals surface area contributed by atoms with E-state index in [0.29, 0.717) is 34.7 Å². The summed E-state index contributed by atoms with van der Waals surface area (Å²) in [6, 6.07) is 9.97. The first-order valence-corrected chi connectivity index (χ1v) is 8.69. The van der Waals surface area contributed by atoms with E-state index in [1.54, 1.807) is 30.3 Å². The van der Waals surface area contributed by atoms with E-state index in [4.69, 9.17) is 9.47 Å². The lowest BCUT2D eigenvalue weighted by atomic mass is 10.1. The van der Waals surface area contributed by atoms with Crippen molar-refractivity contribution in [2.45, 2.75) is 19.6 Å².